The summed E-state index contributed by atoms with van der Waals surface area (Å²) in [5.74, 6) is 5.35. The number of nitrogens with two attached hydrogens (primary N) is 1. The zero-order chi connectivity index (χ0) is 21.8. The lowest BCUT2D eigenvalue weighted by atomic mass is 10.0. The first kappa shape index (κ1) is 22.6. The summed E-state index contributed by atoms with van der Waals surface area (Å²) in [6.07, 6.45) is 0.480. The lowest BCUT2D eigenvalue weighted by Crippen LogP contribution is -2.32. The molecule has 0 bridgehead atoms. The monoisotopic (exact) mass is 434 g/mol. The molecular formula is C20H22N2O5S2. The number of primary sulfonamides is 1. The highest BCUT2D eigenvalue weighted by Gasteiger charge is 2.26. The van der Waals surface area contributed by atoms with Gasteiger partial charge in [0.1, 0.15) is 9.79 Å². The Labute approximate surface area is 171 Å². The van der Waals surface area contributed by atoms with Gasteiger partial charge in [0.15, 0.2) is 0 Å². The number of sulfonamides is 2. The first-order chi connectivity index (χ1) is 13.5. The zero-order valence-corrected chi connectivity index (χ0v) is 17.9. The highest BCUT2D eigenvalue weighted by molar-refractivity contribution is 7.92. The maximum atomic E-state index is 12.7. The summed E-state index contributed by atoms with van der Waals surface area (Å²) in [7, 11) is -8.76. The van der Waals surface area contributed by atoms with Crippen LogP contribution in [0.3, 0.4) is 0 Å². The summed E-state index contributed by atoms with van der Waals surface area (Å²) >= 11 is 0. The number of carbonyl (C=O) groups is 1. The highest BCUT2D eigenvalue weighted by Crippen LogP contribution is 2.20. The minimum absolute atomic E-state index is 0.166. The Hall–Kier alpha value is -2.67. The molecule has 2 rings (SSSR count). The lowest BCUT2D eigenvalue weighted by molar-refractivity contribution is 0.0980. The van der Waals surface area contributed by atoms with Gasteiger partial charge < -0.3 is 0 Å². The van der Waals surface area contributed by atoms with Crippen LogP contribution in [0, 0.1) is 17.8 Å². The maximum Gasteiger partial charge on any atom is 0.265 e. The zero-order valence-electron chi connectivity index (χ0n) is 16.3. The van der Waals surface area contributed by atoms with E-state index in [2.05, 4.69) is 11.8 Å². The second-order valence-corrected chi connectivity index (χ2v) is 9.76. The molecule has 0 aliphatic heterocycles. The third-order valence-corrected chi connectivity index (χ3v) is 6.40. The second-order valence-electron chi connectivity index (χ2n) is 6.58. The molecule has 0 fully saturated rings. The predicted molar refractivity (Wildman–Crippen MR) is 110 cm³/mol. The molecule has 0 aromatic heterocycles. The van der Waals surface area contributed by atoms with Crippen LogP contribution in [0.25, 0.3) is 0 Å². The minimum atomic E-state index is -4.46. The Morgan fingerprint density at radius 2 is 1.69 bits per heavy atom. The van der Waals surface area contributed by atoms with E-state index < -0.39 is 35.7 Å². The first-order valence-corrected chi connectivity index (χ1v) is 11.8. The van der Waals surface area contributed by atoms with Crippen LogP contribution < -0.4 is 9.86 Å². The standard InChI is InChI=1S/C20H22N2O5S2/c1-4-16-13-15(10-9-14(2)3)11-12-17(16)20(23)22-29(26,27)19-8-6-5-7-18(19)28(21,24)25/h5-8,11-14H,4H2,1-3H3,(H,22,23)(H2,21,24,25). The normalized spacial score (nSPS) is 11.6. The molecule has 0 saturated carbocycles. The van der Waals surface area contributed by atoms with Gasteiger partial charge in [0.05, 0.1) is 0 Å². The average Bonchev–Trinajstić information content (AvgIpc) is 2.65. The Kier molecular flexibility index (Phi) is 6.85. The summed E-state index contributed by atoms with van der Waals surface area (Å²) in [6, 6.07) is 9.68. The number of benzene rings is 2. The second kappa shape index (κ2) is 8.78. The molecule has 3 N–H and O–H groups in total. The molecule has 1 amide bonds. The summed E-state index contributed by atoms with van der Waals surface area (Å²) in [5, 5.41) is 5.09. The van der Waals surface area contributed by atoms with Gasteiger partial charge in [-0.3, -0.25) is 4.79 Å². The molecule has 0 saturated heterocycles. The summed E-state index contributed by atoms with van der Waals surface area (Å²) < 4.78 is 50.6. The van der Waals surface area contributed by atoms with Gasteiger partial charge in [-0.1, -0.05) is 44.7 Å². The van der Waals surface area contributed by atoms with Gasteiger partial charge in [-0.05, 0) is 42.3 Å². The molecule has 0 spiro atoms. The Morgan fingerprint density at radius 3 is 2.24 bits per heavy atom. The first-order valence-electron chi connectivity index (χ1n) is 8.79. The number of amides is 1. The third-order valence-electron chi connectivity index (χ3n) is 3.91. The van der Waals surface area contributed by atoms with Crippen LogP contribution in [-0.4, -0.2) is 22.7 Å². The molecule has 7 nitrogen and oxygen atoms in total. The van der Waals surface area contributed by atoms with Crippen molar-refractivity contribution < 1.29 is 21.6 Å². The van der Waals surface area contributed by atoms with Crippen molar-refractivity contribution in [2.24, 2.45) is 11.1 Å². The van der Waals surface area contributed by atoms with Crippen molar-refractivity contribution in [1.29, 1.82) is 0 Å². The van der Waals surface area contributed by atoms with E-state index in [1.165, 1.54) is 18.2 Å². The molecule has 2 aromatic carbocycles. The molecule has 0 aliphatic carbocycles. The lowest BCUT2D eigenvalue weighted by Gasteiger charge is -2.12. The van der Waals surface area contributed by atoms with E-state index in [-0.39, 0.29) is 11.5 Å². The summed E-state index contributed by atoms with van der Waals surface area (Å²) in [5.41, 5.74) is 1.50. The smallest absolute Gasteiger partial charge is 0.265 e. The van der Waals surface area contributed by atoms with Gasteiger partial charge in [-0.15, -0.1) is 0 Å². The maximum absolute atomic E-state index is 12.7. The van der Waals surface area contributed by atoms with Crippen LogP contribution in [0.1, 0.15) is 42.3 Å². The van der Waals surface area contributed by atoms with Crippen LogP contribution in [0.2, 0.25) is 0 Å². The highest BCUT2D eigenvalue weighted by atomic mass is 32.2. The van der Waals surface area contributed by atoms with Crippen LogP contribution in [0.4, 0.5) is 0 Å². The van der Waals surface area contributed by atoms with E-state index >= 15 is 0 Å². The Balaban J connectivity index is 2.42. The number of aryl methyl sites for hydroxylation is 1. The van der Waals surface area contributed by atoms with E-state index in [0.29, 0.717) is 12.0 Å². The quantitative estimate of drug-likeness (QED) is 0.697. The van der Waals surface area contributed by atoms with E-state index in [1.807, 2.05) is 25.5 Å². The number of hydrogen-bond donors (Lipinski definition) is 2. The largest absolute Gasteiger partial charge is 0.268 e. The van der Waals surface area contributed by atoms with E-state index in [9.17, 15) is 21.6 Å². The van der Waals surface area contributed by atoms with Crippen LogP contribution in [-0.2, 0) is 26.5 Å². The number of nitrogens with one attached hydrogen (secondary N) is 1. The van der Waals surface area contributed by atoms with Crippen molar-refractivity contribution in [3.05, 3.63) is 59.2 Å². The van der Waals surface area contributed by atoms with Crippen LogP contribution in [0.15, 0.2) is 52.3 Å². The molecule has 0 heterocycles. The van der Waals surface area contributed by atoms with Crippen molar-refractivity contribution in [2.45, 2.75) is 37.0 Å². The molecule has 154 valence electrons. The fraction of sp³-hybridized carbons (Fsp3) is 0.250. The molecule has 0 radical (unpaired) electrons. The van der Waals surface area contributed by atoms with E-state index in [4.69, 9.17) is 5.14 Å². The van der Waals surface area contributed by atoms with Crippen molar-refractivity contribution in [3.8, 4) is 11.8 Å². The Morgan fingerprint density at radius 1 is 1.07 bits per heavy atom. The molecule has 2 aromatic rings. The van der Waals surface area contributed by atoms with Gasteiger partial charge in [0.2, 0.25) is 10.0 Å². The Bertz CT molecular complexity index is 1200. The molecule has 29 heavy (non-hydrogen) atoms. The SMILES string of the molecule is CCc1cc(C#CC(C)C)ccc1C(=O)NS(=O)(=O)c1ccccc1S(N)(=O)=O. The molecule has 0 aliphatic rings. The van der Waals surface area contributed by atoms with E-state index in [0.717, 1.165) is 17.7 Å². The van der Waals surface area contributed by atoms with Crippen molar-refractivity contribution in [1.82, 2.24) is 4.72 Å². The summed E-state index contributed by atoms with van der Waals surface area (Å²) in [6.45, 7) is 5.75. The number of carbonyl (C=O) groups excluding carboxylic acids is 1. The molecule has 0 atom stereocenters. The van der Waals surface area contributed by atoms with Gasteiger partial charge in [0, 0.05) is 17.0 Å². The van der Waals surface area contributed by atoms with Gasteiger partial charge in [0.25, 0.3) is 15.9 Å². The predicted octanol–water partition coefficient (Wildman–Crippen LogP) is 2.02. The van der Waals surface area contributed by atoms with E-state index in [1.54, 1.807) is 12.1 Å². The molecule has 0 unspecified atom stereocenters. The number of rotatable bonds is 5. The molecule has 9 heteroatoms. The van der Waals surface area contributed by atoms with Gasteiger partial charge in [-0.2, -0.15) is 0 Å². The topological polar surface area (TPSA) is 123 Å². The van der Waals surface area contributed by atoms with Crippen molar-refractivity contribution >= 4 is 26.0 Å². The van der Waals surface area contributed by atoms with Gasteiger partial charge >= 0.3 is 0 Å². The molecular weight excluding hydrogens is 412 g/mol. The van der Waals surface area contributed by atoms with Gasteiger partial charge in [-0.25, -0.2) is 26.7 Å². The van der Waals surface area contributed by atoms with Crippen LogP contribution >= 0.6 is 0 Å². The number of hydrogen-bond acceptors (Lipinski definition) is 5. The fourth-order valence-corrected chi connectivity index (χ4v) is 4.90. The van der Waals surface area contributed by atoms with Crippen molar-refractivity contribution in [3.63, 3.8) is 0 Å². The third kappa shape index (κ3) is 5.67. The van der Waals surface area contributed by atoms with Crippen LogP contribution in [0.5, 0.6) is 0 Å². The summed E-state index contributed by atoms with van der Waals surface area (Å²) in [4.78, 5) is 11.5. The van der Waals surface area contributed by atoms with Crippen molar-refractivity contribution in [2.75, 3.05) is 0 Å². The minimum Gasteiger partial charge on any atom is -0.268 e. The average molecular weight is 435 g/mol. The fourth-order valence-electron chi connectivity index (χ4n) is 2.55.